The van der Waals surface area contributed by atoms with Gasteiger partial charge in [-0.05, 0) is 92.3 Å². The molecule has 276 valence electrons. The molecule has 0 fully saturated rings. The van der Waals surface area contributed by atoms with Crippen LogP contribution >= 0.6 is 41.3 Å². The number of hydrogen-bond donors (Lipinski definition) is 0. The van der Waals surface area contributed by atoms with Gasteiger partial charge in [-0.2, -0.15) is 0 Å². The Morgan fingerprint density at radius 3 is 1.25 bits per heavy atom. The maximum Gasteiger partial charge on any atom is 0.275 e. The minimum Gasteiger partial charge on any atom is -0.488 e. The summed E-state index contributed by atoms with van der Waals surface area (Å²) in [4.78, 5) is 0. The van der Waals surface area contributed by atoms with Crippen molar-refractivity contribution in [3.8, 4) is 39.9 Å². The van der Waals surface area contributed by atoms with Crippen molar-refractivity contribution < 1.29 is 22.8 Å². The van der Waals surface area contributed by atoms with Gasteiger partial charge in [0, 0.05) is 27.8 Å². The Labute approximate surface area is 320 Å². The fourth-order valence-electron chi connectivity index (χ4n) is 5.90. The van der Waals surface area contributed by atoms with E-state index in [0.29, 0.717) is 27.3 Å². The number of halogens is 2. The van der Waals surface area contributed by atoms with Gasteiger partial charge in [0.2, 0.25) is 0 Å². The highest BCUT2D eigenvalue weighted by Gasteiger charge is 2.35. The van der Waals surface area contributed by atoms with Crippen molar-refractivity contribution >= 4 is 41.3 Å². The SMILES string of the molecule is Cc1c(OC(C)(C)C)cc(C(C)(C)C)c(OPOc2ccccc2Cl)c1-c1c(C)c(C(C)(C)C)cc(C(C)(C)C)c1OPOc1ccccc1Cl. The summed E-state index contributed by atoms with van der Waals surface area (Å²) in [6, 6.07) is 19.3. The third-order valence-corrected chi connectivity index (χ3v) is 10.2. The summed E-state index contributed by atoms with van der Waals surface area (Å²) < 4.78 is 32.7. The lowest BCUT2D eigenvalue weighted by atomic mass is 9.74. The van der Waals surface area contributed by atoms with Crippen molar-refractivity contribution in [2.45, 2.75) is 119 Å². The molecule has 0 heterocycles. The van der Waals surface area contributed by atoms with Gasteiger partial charge in [0.05, 0.1) is 10.0 Å². The second-order valence-electron chi connectivity index (χ2n) is 17.0. The monoisotopic (exact) mass is 770 g/mol. The Kier molecular flexibility index (Phi) is 12.7. The van der Waals surface area contributed by atoms with Gasteiger partial charge in [-0.3, -0.25) is 0 Å². The third kappa shape index (κ3) is 10.1. The lowest BCUT2D eigenvalue weighted by Gasteiger charge is -2.34. The normalized spacial score (nSPS) is 12.9. The smallest absolute Gasteiger partial charge is 0.275 e. The summed E-state index contributed by atoms with van der Waals surface area (Å²) in [5.41, 5.74) is 5.86. The minimum atomic E-state index is -0.448. The number of rotatable bonds is 10. The second-order valence-corrected chi connectivity index (χ2v) is 18.9. The lowest BCUT2D eigenvalue weighted by Crippen LogP contribution is -2.24. The van der Waals surface area contributed by atoms with Crippen molar-refractivity contribution in [1.82, 2.24) is 0 Å². The van der Waals surface area contributed by atoms with E-state index in [9.17, 15) is 0 Å². The molecule has 0 spiro atoms. The Balaban J connectivity index is 2.10. The maximum atomic E-state index is 6.83. The Bertz CT molecular complexity index is 1860. The molecule has 2 atom stereocenters. The third-order valence-electron chi connectivity index (χ3n) is 8.39. The van der Waals surface area contributed by atoms with Crippen molar-refractivity contribution in [3.63, 3.8) is 0 Å². The molecule has 2 unspecified atom stereocenters. The van der Waals surface area contributed by atoms with Gasteiger partial charge in [0.15, 0.2) is 0 Å². The molecule has 0 saturated heterocycles. The van der Waals surface area contributed by atoms with E-state index in [1.807, 2.05) is 42.5 Å². The van der Waals surface area contributed by atoms with Crippen LogP contribution in [0.5, 0.6) is 28.7 Å². The summed E-state index contributed by atoms with van der Waals surface area (Å²) in [7, 11) is -0.739. The molecular weight excluding hydrogens is 717 g/mol. The van der Waals surface area contributed by atoms with Crippen LogP contribution in [0, 0.1) is 13.8 Å². The quantitative estimate of drug-likeness (QED) is 0.150. The summed E-state index contributed by atoms with van der Waals surface area (Å²) in [5, 5.41) is 1.05. The molecule has 4 rings (SSSR count). The molecule has 5 nitrogen and oxygen atoms in total. The van der Waals surface area contributed by atoms with Crippen LogP contribution in [0.15, 0.2) is 60.7 Å². The van der Waals surface area contributed by atoms with E-state index in [2.05, 4.69) is 109 Å². The number of ether oxygens (including phenoxy) is 1. The van der Waals surface area contributed by atoms with Crippen LogP contribution in [0.2, 0.25) is 10.0 Å². The van der Waals surface area contributed by atoms with Crippen molar-refractivity contribution in [1.29, 1.82) is 0 Å². The van der Waals surface area contributed by atoms with Gasteiger partial charge in [0.25, 0.3) is 18.1 Å². The standard InChI is InChI=1S/C42H54Cl2O5P2/c1-25-27(39(3,4)5)23-28(40(6,7)8)37(48-50-46-32-21-17-15-19-30(32)43)35(25)36-26(2)34(45-42(12,13)14)24-29(41(9,10)11)38(36)49-51-47-33-22-18-16-20-31(33)44/h15-24,50-51H,1-14H3. The fraction of sp³-hybridized carbons (Fsp3) is 0.429. The first kappa shape index (κ1) is 41.1. The molecule has 0 amide bonds. The van der Waals surface area contributed by atoms with E-state index in [4.69, 9.17) is 46.0 Å². The highest BCUT2D eigenvalue weighted by Crippen LogP contribution is 2.55. The zero-order valence-electron chi connectivity index (χ0n) is 32.6. The predicted octanol–water partition coefficient (Wildman–Crippen LogP) is 14.3. The van der Waals surface area contributed by atoms with Crippen molar-refractivity contribution in [2.24, 2.45) is 0 Å². The zero-order chi connectivity index (χ0) is 38.1. The first-order valence-corrected chi connectivity index (χ1v) is 19.6. The zero-order valence-corrected chi connectivity index (χ0v) is 36.1. The van der Waals surface area contributed by atoms with Crippen LogP contribution in [0.1, 0.15) is 111 Å². The van der Waals surface area contributed by atoms with Gasteiger partial charge < -0.3 is 22.8 Å². The fourth-order valence-corrected chi connectivity index (χ4v) is 7.59. The second kappa shape index (κ2) is 15.7. The van der Waals surface area contributed by atoms with Gasteiger partial charge >= 0.3 is 0 Å². The van der Waals surface area contributed by atoms with E-state index < -0.39 is 5.60 Å². The van der Waals surface area contributed by atoms with E-state index in [0.717, 1.165) is 44.9 Å². The molecule has 4 aromatic rings. The summed E-state index contributed by atoms with van der Waals surface area (Å²) in [5.74, 6) is 3.34. The van der Waals surface area contributed by atoms with Crippen molar-refractivity contribution in [3.05, 3.63) is 98.5 Å². The average molecular weight is 772 g/mol. The minimum absolute atomic E-state index is 0.177. The van der Waals surface area contributed by atoms with E-state index in [1.54, 1.807) is 6.07 Å². The topological polar surface area (TPSA) is 46.2 Å². The van der Waals surface area contributed by atoms with Gasteiger partial charge in [-0.15, -0.1) is 0 Å². The molecule has 0 aromatic heterocycles. The Morgan fingerprint density at radius 1 is 0.471 bits per heavy atom. The van der Waals surface area contributed by atoms with E-state index >= 15 is 0 Å². The highest BCUT2D eigenvalue weighted by molar-refractivity contribution is 7.27. The molecule has 0 aliphatic rings. The van der Waals surface area contributed by atoms with Gasteiger partial charge in [-0.25, -0.2) is 0 Å². The largest absolute Gasteiger partial charge is 0.488 e. The van der Waals surface area contributed by atoms with Gasteiger partial charge in [0.1, 0.15) is 34.3 Å². The predicted molar refractivity (Wildman–Crippen MR) is 220 cm³/mol. The number of benzene rings is 4. The molecule has 9 heteroatoms. The molecular formula is C42H54Cl2O5P2. The van der Waals surface area contributed by atoms with Crippen LogP contribution in [0.25, 0.3) is 11.1 Å². The summed E-state index contributed by atoms with van der Waals surface area (Å²) in [6.07, 6.45) is 0. The van der Waals surface area contributed by atoms with Crippen LogP contribution in [-0.2, 0) is 16.2 Å². The molecule has 0 saturated carbocycles. The maximum absolute atomic E-state index is 6.83. The average Bonchev–Trinajstić information content (AvgIpc) is 2.98. The van der Waals surface area contributed by atoms with Crippen LogP contribution in [-0.4, -0.2) is 5.60 Å². The molecule has 0 bridgehead atoms. The van der Waals surface area contributed by atoms with Crippen LogP contribution in [0.4, 0.5) is 0 Å². The molecule has 4 aromatic carbocycles. The Hall–Kier alpha value is -2.68. The highest BCUT2D eigenvalue weighted by atomic mass is 35.5. The molecule has 0 N–H and O–H groups in total. The lowest BCUT2D eigenvalue weighted by molar-refractivity contribution is 0.129. The van der Waals surface area contributed by atoms with Crippen molar-refractivity contribution in [2.75, 3.05) is 0 Å². The molecule has 0 radical (unpaired) electrons. The van der Waals surface area contributed by atoms with Gasteiger partial charge in [-0.1, -0.05) is 116 Å². The van der Waals surface area contributed by atoms with E-state index in [-0.39, 0.29) is 34.3 Å². The first-order valence-electron chi connectivity index (χ1n) is 17.2. The van der Waals surface area contributed by atoms with E-state index in [1.165, 1.54) is 5.56 Å². The van der Waals surface area contributed by atoms with Crippen LogP contribution in [0.3, 0.4) is 0 Å². The molecule has 0 aliphatic heterocycles. The summed E-state index contributed by atoms with van der Waals surface area (Å²) >= 11 is 13.0. The Morgan fingerprint density at radius 2 is 0.863 bits per heavy atom. The first-order chi connectivity index (χ1) is 23.5. The molecule has 0 aliphatic carbocycles. The number of hydrogen-bond acceptors (Lipinski definition) is 5. The summed E-state index contributed by atoms with van der Waals surface area (Å²) in [6.45, 7) is 30.4. The van der Waals surface area contributed by atoms with Crippen LogP contribution < -0.4 is 22.8 Å². The number of para-hydroxylation sites is 2. The molecule has 51 heavy (non-hydrogen) atoms.